The minimum atomic E-state index is -1.80. The van der Waals surface area contributed by atoms with Gasteiger partial charge in [-0.2, -0.15) is 0 Å². The van der Waals surface area contributed by atoms with Crippen molar-refractivity contribution in [3.05, 3.63) is 102 Å². The summed E-state index contributed by atoms with van der Waals surface area (Å²) in [5.74, 6) is 0. The van der Waals surface area contributed by atoms with Crippen LogP contribution in [0.25, 0.3) is 5.20 Å². The van der Waals surface area contributed by atoms with E-state index in [4.69, 9.17) is 0 Å². The van der Waals surface area contributed by atoms with E-state index in [1.807, 2.05) is 10.5 Å². The van der Waals surface area contributed by atoms with Gasteiger partial charge in [-0.15, -0.1) is 0 Å². The summed E-state index contributed by atoms with van der Waals surface area (Å²) in [6.45, 7) is 22.1. The minimum Gasteiger partial charge on any atom is -0.0710 e. The highest BCUT2D eigenvalue weighted by molar-refractivity contribution is 8.59. The first-order chi connectivity index (χ1) is 16.3. The molecule has 0 saturated carbocycles. The molecule has 3 aromatic carbocycles. The van der Waals surface area contributed by atoms with Gasteiger partial charge in [0.15, 0.2) is 0 Å². The van der Waals surface area contributed by atoms with Crippen LogP contribution in [0.4, 0.5) is 0 Å². The van der Waals surface area contributed by atoms with Crippen LogP contribution < -0.4 is 10.6 Å². The molecule has 35 heavy (non-hydrogen) atoms. The van der Waals surface area contributed by atoms with Crippen LogP contribution in [-0.4, -0.2) is 22.0 Å². The standard InChI is InChI=1S/C30H42P2Si3/c1-30(2,3)29-28(25-19-13-10-14-20-25)35(33(4,5)6,34(7,8)9)32(29)31(26-21-15-11-16-22-26)27-23-17-12-18-24-27/h10-24H,1-9H3. The Balaban J connectivity index is 2.16. The largest absolute Gasteiger partial charge is 0.109 e. The number of rotatable bonds is 6. The van der Waals surface area contributed by atoms with Crippen molar-refractivity contribution < 1.29 is 0 Å². The predicted octanol–water partition coefficient (Wildman–Crippen LogP) is 9.31. The van der Waals surface area contributed by atoms with Crippen molar-refractivity contribution >= 4 is 52.5 Å². The van der Waals surface area contributed by atoms with E-state index in [1.54, 1.807) is 16.2 Å². The molecule has 1 atom stereocenters. The number of hydrogen-bond acceptors (Lipinski definition) is 0. The van der Waals surface area contributed by atoms with Crippen molar-refractivity contribution in [2.75, 3.05) is 0 Å². The molecule has 0 spiro atoms. The lowest BCUT2D eigenvalue weighted by atomic mass is 9.94. The van der Waals surface area contributed by atoms with Crippen molar-refractivity contribution in [3.63, 3.8) is 0 Å². The molecule has 0 aliphatic carbocycles. The SMILES string of the molecule is CC(C)(C)C1=C(c2ccccc2)[Si]([Si](C)(C)C)([Si](C)(C)C)P1P(c1ccccc1)c1ccccc1. The molecule has 0 N–H and O–H groups in total. The summed E-state index contributed by atoms with van der Waals surface area (Å²) in [6.07, 6.45) is 0. The van der Waals surface area contributed by atoms with Crippen LogP contribution >= 0.6 is 14.8 Å². The van der Waals surface area contributed by atoms with E-state index in [0.717, 1.165) is 0 Å². The molecule has 5 heteroatoms. The van der Waals surface area contributed by atoms with E-state index >= 15 is 0 Å². The molecule has 0 amide bonds. The molecule has 0 aromatic heterocycles. The Kier molecular flexibility index (Phi) is 7.44. The second-order valence-electron chi connectivity index (χ2n) is 12.8. The van der Waals surface area contributed by atoms with Gasteiger partial charge in [0.2, 0.25) is 0 Å². The molecule has 0 bridgehead atoms. The third-order valence-corrected chi connectivity index (χ3v) is 75.5. The highest BCUT2D eigenvalue weighted by Gasteiger charge is 2.71. The Labute approximate surface area is 219 Å². The summed E-state index contributed by atoms with van der Waals surface area (Å²) < 4.78 is 0. The molecule has 4 rings (SSSR count). The van der Waals surface area contributed by atoms with Gasteiger partial charge in [-0.25, -0.2) is 0 Å². The van der Waals surface area contributed by atoms with Crippen LogP contribution in [0.15, 0.2) is 96.3 Å². The summed E-state index contributed by atoms with van der Waals surface area (Å²) in [4.78, 5) is 0. The van der Waals surface area contributed by atoms with Gasteiger partial charge in [-0.3, -0.25) is 0 Å². The van der Waals surface area contributed by atoms with E-state index < -0.39 is 29.6 Å². The summed E-state index contributed by atoms with van der Waals surface area (Å²) in [7, 11) is -3.73. The quantitative estimate of drug-likeness (QED) is 0.213. The first-order valence-electron chi connectivity index (χ1n) is 12.8. The van der Waals surface area contributed by atoms with E-state index in [2.05, 4.69) is 151 Å². The monoisotopic (exact) mass is 548 g/mol. The molecule has 0 nitrogen and oxygen atoms in total. The van der Waals surface area contributed by atoms with Crippen LogP contribution in [0.3, 0.4) is 0 Å². The fraction of sp³-hybridized carbons (Fsp3) is 0.333. The van der Waals surface area contributed by atoms with Gasteiger partial charge in [-0.1, -0.05) is 158 Å². The third kappa shape index (κ3) is 4.57. The predicted molar refractivity (Wildman–Crippen MR) is 171 cm³/mol. The number of benzene rings is 3. The molecular weight excluding hydrogens is 507 g/mol. The van der Waals surface area contributed by atoms with Gasteiger partial charge in [0.05, 0.1) is 0 Å². The van der Waals surface area contributed by atoms with E-state index in [9.17, 15) is 0 Å². The maximum absolute atomic E-state index is 2.73. The summed E-state index contributed by atoms with van der Waals surface area (Å²) in [5.41, 5.74) is 1.72. The zero-order chi connectivity index (χ0) is 25.6. The van der Waals surface area contributed by atoms with Crippen LogP contribution in [0.1, 0.15) is 26.3 Å². The lowest BCUT2D eigenvalue weighted by Gasteiger charge is -2.67. The summed E-state index contributed by atoms with van der Waals surface area (Å²) in [6, 6.07) is 34.8. The molecule has 0 saturated heterocycles. The molecule has 0 fully saturated rings. The zero-order valence-corrected chi connectivity index (χ0v) is 27.8. The first-order valence-corrected chi connectivity index (χ1v) is 28.1. The Morgan fingerprint density at radius 3 is 1.31 bits per heavy atom. The smallest absolute Gasteiger partial charge is 0.0710 e. The Morgan fingerprint density at radius 2 is 0.971 bits per heavy atom. The molecule has 0 radical (unpaired) electrons. The van der Waals surface area contributed by atoms with Crippen molar-refractivity contribution in [2.24, 2.45) is 5.41 Å². The van der Waals surface area contributed by atoms with Crippen molar-refractivity contribution in [2.45, 2.75) is 60.1 Å². The summed E-state index contributed by atoms with van der Waals surface area (Å²) >= 11 is 0. The van der Waals surface area contributed by atoms with Gasteiger partial charge in [-0.05, 0) is 39.7 Å². The second kappa shape index (κ2) is 9.66. The highest BCUT2D eigenvalue weighted by atomic mass is 32.2. The van der Waals surface area contributed by atoms with E-state index in [0.29, 0.717) is 0 Å². The summed E-state index contributed by atoms with van der Waals surface area (Å²) in [5, 5.41) is 6.90. The molecule has 1 unspecified atom stereocenters. The van der Waals surface area contributed by atoms with Crippen LogP contribution in [0.2, 0.25) is 39.3 Å². The fourth-order valence-electron chi connectivity index (χ4n) is 6.42. The van der Waals surface area contributed by atoms with Crippen molar-refractivity contribution in [1.82, 2.24) is 0 Å². The average Bonchev–Trinajstić information content (AvgIpc) is 2.75. The molecule has 184 valence electrons. The number of allylic oxidation sites excluding steroid dienone is 1. The normalized spacial score (nSPS) is 18.5. The topological polar surface area (TPSA) is 0 Å². The average molecular weight is 549 g/mol. The first kappa shape index (κ1) is 27.0. The van der Waals surface area contributed by atoms with Gasteiger partial charge in [0.1, 0.15) is 6.78 Å². The number of hydrogen-bond donors (Lipinski definition) is 0. The van der Waals surface area contributed by atoms with Gasteiger partial charge in [0, 0.05) is 15.2 Å². The highest BCUT2D eigenvalue weighted by Crippen LogP contribution is 2.90. The molecule has 1 heterocycles. The molecular formula is C30H42P2Si3. The Morgan fingerprint density at radius 1 is 0.600 bits per heavy atom. The van der Waals surface area contributed by atoms with Crippen LogP contribution in [0, 0.1) is 5.41 Å². The van der Waals surface area contributed by atoms with Crippen LogP contribution in [-0.2, 0) is 0 Å². The van der Waals surface area contributed by atoms with E-state index in [-0.39, 0.29) is 12.6 Å². The molecule has 1 aliphatic rings. The van der Waals surface area contributed by atoms with Crippen molar-refractivity contribution in [1.29, 1.82) is 0 Å². The van der Waals surface area contributed by atoms with Crippen molar-refractivity contribution in [3.8, 4) is 0 Å². The van der Waals surface area contributed by atoms with Gasteiger partial charge >= 0.3 is 0 Å². The van der Waals surface area contributed by atoms with E-state index in [1.165, 1.54) is 0 Å². The zero-order valence-electron chi connectivity index (χ0n) is 23.1. The lowest BCUT2D eigenvalue weighted by Crippen LogP contribution is -2.75. The minimum absolute atomic E-state index is 0.177. The molecule has 3 aromatic rings. The maximum atomic E-state index is 2.73. The maximum Gasteiger partial charge on any atom is 0.109 e. The van der Waals surface area contributed by atoms with Gasteiger partial charge in [0.25, 0.3) is 0 Å². The fourth-order valence-corrected chi connectivity index (χ4v) is 104. The third-order valence-electron chi connectivity index (χ3n) is 7.27. The van der Waals surface area contributed by atoms with Gasteiger partial charge < -0.3 is 0 Å². The van der Waals surface area contributed by atoms with Crippen LogP contribution in [0.5, 0.6) is 0 Å². The lowest BCUT2D eigenvalue weighted by molar-refractivity contribution is 0.533. The second-order valence-corrected chi connectivity index (χ2v) is 50.9. The molecule has 1 aliphatic heterocycles. The Bertz CT molecular complexity index is 1130. The Hall–Kier alpha value is -1.09.